The molecule has 1 heterocycles. The van der Waals surface area contributed by atoms with Crippen molar-refractivity contribution in [2.24, 2.45) is 0 Å². The number of carbonyl (C=O) groups excluding carboxylic acids is 2. The van der Waals surface area contributed by atoms with Crippen molar-refractivity contribution in [2.45, 2.75) is 26.1 Å². The van der Waals surface area contributed by atoms with Gasteiger partial charge in [0.1, 0.15) is 19.0 Å². The average molecular weight is 442 g/mol. The zero-order valence-electron chi connectivity index (χ0n) is 15.8. The summed E-state index contributed by atoms with van der Waals surface area (Å²) >= 11 is 5.85. The van der Waals surface area contributed by atoms with Crippen LogP contribution in [0.2, 0.25) is 5.02 Å². The first kappa shape index (κ1) is 21.6. The van der Waals surface area contributed by atoms with Crippen molar-refractivity contribution < 1.29 is 37.3 Å². The summed E-state index contributed by atoms with van der Waals surface area (Å²) in [7, 11) is 0. The van der Waals surface area contributed by atoms with Gasteiger partial charge in [0, 0.05) is 5.69 Å². The predicted molar refractivity (Wildman–Crippen MR) is 103 cm³/mol. The van der Waals surface area contributed by atoms with E-state index in [0.29, 0.717) is 30.3 Å². The molecule has 0 fully saturated rings. The number of carbonyl (C=O) groups is 2. The fourth-order valence-corrected chi connectivity index (χ4v) is 2.90. The van der Waals surface area contributed by atoms with Crippen LogP contribution < -0.4 is 19.5 Å². The van der Waals surface area contributed by atoms with Gasteiger partial charge in [-0.05, 0) is 42.8 Å². The third-order valence-electron chi connectivity index (χ3n) is 4.05. The Hall–Kier alpha value is -3.07. The van der Waals surface area contributed by atoms with Crippen molar-refractivity contribution >= 4 is 29.2 Å². The topological polar surface area (TPSA) is 83.1 Å². The average Bonchev–Trinajstić information content (AvgIpc) is 2.69. The van der Waals surface area contributed by atoms with E-state index in [4.69, 9.17) is 25.8 Å². The van der Waals surface area contributed by atoms with E-state index in [2.05, 4.69) is 10.1 Å². The molecule has 3 rings (SSSR count). The fourth-order valence-electron chi connectivity index (χ4n) is 2.67. The number of alkyl halides is 2. The van der Waals surface area contributed by atoms with Crippen LogP contribution >= 0.6 is 11.6 Å². The lowest BCUT2D eigenvalue weighted by Crippen LogP contribution is -2.30. The van der Waals surface area contributed by atoms with Crippen molar-refractivity contribution in [1.29, 1.82) is 0 Å². The van der Waals surface area contributed by atoms with Crippen LogP contribution in [0.4, 0.5) is 14.5 Å². The maximum absolute atomic E-state index is 12.3. The molecule has 0 saturated heterocycles. The molecule has 0 saturated carbocycles. The van der Waals surface area contributed by atoms with Gasteiger partial charge in [-0.3, -0.25) is 9.59 Å². The molecule has 1 aliphatic rings. The number of benzene rings is 2. The van der Waals surface area contributed by atoms with Gasteiger partial charge >= 0.3 is 12.6 Å². The van der Waals surface area contributed by atoms with Gasteiger partial charge in [-0.15, -0.1) is 0 Å². The molecule has 2 aromatic carbocycles. The molecule has 1 aliphatic heterocycles. The predicted octanol–water partition coefficient (Wildman–Crippen LogP) is 3.83. The molecule has 160 valence electrons. The molecular weight excluding hydrogens is 424 g/mol. The Kier molecular flexibility index (Phi) is 6.94. The molecule has 1 unspecified atom stereocenters. The second-order valence-electron chi connectivity index (χ2n) is 6.30. The van der Waals surface area contributed by atoms with Crippen LogP contribution in [0, 0.1) is 0 Å². The van der Waals surface area contributed by atoms with Crippen molar-refractivity contribution in [1.82, 2.24) is 0 Å². The lowest BCUT2D eigenvalue weighted by molar-refractivity contribution is -0.152. The van der Waals surface area contributed by atoms with Gasteiger partial charge in [-0.2, -0.15) is 8.78 Å². The van der Waals surface area contributed by atoms with Crippen molar-refractivity contribution in [3.05, 3.63) is 47.0 Å². The number of fused-ring (bicyclic) bond motifs is 1. The second-order valence-corrected chi connectivity index (χ2v) is 6.71. The van der Waals surface area contributed by atoms with Crippen LogP contribution in [0.5, 0.6) is 17.2 Å². The lowest BCUT2D eigenvalue weighted by atomic mass is 10.1. The Balaban J connectivity index is 1.53. The van der Waals surface area contributed by atoms with Crippen LogP contribution in [0.3, 0.4) is 0 Å². The molecule has 30 heavy (non-hydrogen) atoms. The van der Waals surface area contributed by atoms with Crippen LogP contribution in [0.15, 0.2) is 36.4 Å². The number of hydrogen-bond acceptors (Lipinski definition) is 6. The molecule has 0 spiro atoms. The summed E-state index contributed by atoms with van der Waals surface area (Å²) in [5.41, 5.74) is 0.889. The summed E-state index contributed by atoms with van der Waals surface area (Å²) < 4.78 is 44.8. The maximum Gasteiger partial charge on any atom is 0.387 e. The number of hydrogen-bond donors (Lipinski definition) is 1. The first-order chi connectivity index (χ1) is 14.3. The zero-order chi connectivity index (χ0) is 21.7. The maximum atomic E-state index is 12.3. The summed E-state index contributed by atoms with van der Waals surface area (Å²) in [5, 5.41) is 2.39. The van der Waals surface area contributed by atoms with Crippen molar-refractivity contribution in [2.75, 3.05) is 18.5 Å². The minimum atomic E-state index is -3.02. The summed E-state index contributed by atoms with van der Waals surface area (Å²) in [5.74, 6) is -0.274. The fraction of sp³-hybridized carbons (Fsp3) is 0.300. The van der Waals surface area contributed by atoms with Gasteiger partial charge in [-0.25, -0.2) is 0 Å². The molecule has 1 amide bonds. The molecule has 10 heteroatoms. The molecule has 1 N–H and O–H groups in total. The molecule has 0 radical (unpaired) electrons. The van der Waals surface area contributed by atoms with Crippen LogP contribution in [0.25, 0.3) is 0 Å². The standard InChI is InChI=1S/C20H18ClF2NO6/c1-11(19(26)24-13-3-5-15(14(21)10-13)30-20(22)23)29-18(25)9-12-2-4-16-17(8-12)28-7-6-27-16/h2-5,8,10-11,20H,6-7,9H2,1H3,(H,24,26). The van der Waals surface area contributed by atoms with Gasteiger partial charge in [-0.1, -0.05) is 17.7 Å². The summed E-state index contributed by atoms with van der Waals surface area (Å²) in [4.78, 5) is 24.4. The van der Waals surface area contributed by atoms with Gasteiger partial charge in [0.25, 0.3) is 5.91 Å². The Morgan fingerprint density at radius 3 is 2.57 bits per heavy atom. The number of nitrogens with one attached hydrogen (secondary N) is 1. The number of anilines is 1. The highest BCUT2D eigenvalue weighted by atomic mass is 35.5. The normalized spacial score (nSPS) is 13.5. The molecule has 0 aromatic heterocycles. The minimum absolute atomic E-state index is 0.0558. The summed E-state index contributed by atoms with van der Waals surface area (Å²) in [6.07, 6.45) is -1.15. The Bertz CT molecular complexity index is 940. The van der Waals surface area contributed by atoms with Gasteiger partial charge in [0.15, 0.2) is 17.6 Å². The number of ether oxygens (including phenoxy) is 4. The van der Waals surface area contributed by atoms with E-state index in [-0.39, 0.29) is 22.9 Å². The number of rotatable bonds is 7. The Morgan fingerprint density at radius 2 is 1.87 bits per heavy atom. The molecule has 0 aliphatic carbocycles. The third-order valence-corrected chi connectivity index (χ3v) is 4.34. The van der Waals surface area contributed by atoms with E-state index in [1.807, 2.05) is 0 Å². The van der Waals surface area contributed by atoms with E-state index in [9.17, 15) is 18.4 Å². The van der Waals surface area contributed by atoms with E-state index in [1.54, 1.807) is 18.2 Å². The van der Waals surface area contributed by atoms with Crippen LogP contribution in [0.1, 0.15) is 12.5 Å². The number of halogens is 3. The van der Waals surface area contributed by atoms with E-state index >= 15 is 0 Å². The Morgan fingerprint density at radius 1 is 1.13 bits per heavy atom. The minimum Gasteiger partial charge on any atom is -0.486 e. The Labute approximate surface area is 175 Å². The molecule has 7 nitrogen and oxygen atoms in total. The van der Waals surface area contributed by atoms with Gasteiger partial charge < -0.3 is 24.3 Å². The smallest absolute Gasteiger partial charge is 0.387 e. The van der Waals surface area contributed by atoms with Gasteiger partial charge in [0.2, 0.25) is 0 Å². The first-order valence-corrected chi connectivity index (χ1v) is 9.33. The zero-order valence-corrected chi connectivity index (χ0v) is 16.6. The van der Waals surface area contributed by atoms with Gasteiger partial charge in [0.05, 0.1) is 11.4 Å². The molecular formula is C20H18ClF2NO6. The van der Waals surface area contributed by atoms with E-state index in [0.717, 1.165) is 0 Å². The van der Waals surface area contributed by atoms with Crippen LogP contribution in [-0.4, -0.2) is 37.8 Å². The lowest BCUT2D eigenvalue weighted by Gasteiger charge is -2.19. The number of esters is 1. The monoisotopic (exact) mass is 441 g/mol. The van der Waals surface area contributed by atoms with Crippen LogP contribution in [-0.2, 0) is 20.7 Å². The summed E-state index contributed by atoms with van der Waals surface area (Å²) in [6.45, 7) is -0.713. The van der Waals surface area contributed by atoms with Crippen molar-refractivity contribution in [3.63, 3.8) is 0 Å². The van der Waals surface area contributed by atoms with E-state index in [1.165, 1.54) is 25.1 Å². The number of amides is 1. The first-order valence-electron chi connectivity index (χ1n) is 8.95. The molecule has 1 atom stereocenters. The SMILES string of the molecule is CC(OC(=O)Cc1ccc2c(c1)OCCO2)C(=O)Nc1ccc(OC(F)F)c(Cl)c1. The highest BCUT2D eigenvalue weighted by Crippen LogP contribution is 2.31. The third kappa shape index (κ3) is 5.73. The molecule has 2 aromatic rings. The highest BCUT2D eigenvalue weighted by Gasteiger charge is 2.20. The second kappa shape index (κ2) is 9.62. The van der Waals surface area contributed by atoms with E-state index < -0.39 is 24.6 Å². The highest BCUT2D eigenvalue weighted by molar-refractivity contribution is 6.32. The molecule has 0 bridgehead atoms. The largest absolute Gasteiger partial charge is 0.486 e. The summed E-state index contributed by atoms with van der Waals surface area (Å²) in [6, 6.07) is 8.89. The quantitative estimate of drug-likeness (QED) is 0.658. The van der Waals surface area contributed by atoms with Crippen molar-refractivity contribution in [3.8, 4) is 17.2 Å².